The number of hydrogen-bond acceptors (Lipinski definition) is 5. The van der Waals surface area contributed by atoms with Crippen molar-refractivity contribution < 1.29 is 17.9 Å². The SMILES string of the molecule is CCOC(=O)CCNS(=O)(=O)C(C)C(N)=S. The largest absolute Gasteiger partial charge is 0.466 e. The fourth-order valence-corrected chi connectivity index (χ4v) is 2.13. The Morgan fingerprint density at radius 2 is 2.12 bits per heavy atom. The van der Waals surface area contributed by atoms with Gasteiger partial charge < -0.3 is 10.5 Å². The maximum Gasteiger partial charge on any atom is 0.307 e. The number of sulfonamides is 1. The molecule has 8 heteroatoms. The first kappa shape index (κ1) is 15.3. The van der Waals surface area contributed by atoms with Crippen molar-refractivity contribution in [1.29, 1.82) is 0 Å². The van der Waals surface area contributed by atoms with Crippen molar-refractivity contribution in [2.75, 3.05) is 13.2 Å². The van der Waals surface area contributed by atoms with Gasteiger partial charge in [-0.2, -0.15) is 0 Å². The van der Waals surface area contributed by atoms with Gasteiger partial charge in [0, 0.05) is 6.54 Å². The minimum Gasteiger partial charge on any atom is -0.466 e. The van der Waals surface area contributed by atoms with Gasteiger partial charge in [0.05, 0.1) is 18.0 Å². The van der Waals surface area contributed by atoms with Crippen molar-refractivity contribution in [3.05, 3.63) is 0 Å². The lowest BCUT2D eigenvalue weighted by Crippen LogP contribution is -2.40. The van der Waals surface area contributed by atoms with Gasteiger partial charge in [-0.15, -0.1) is 0 Å². The summed E-state index contributed by atoms with van der Waals surface area (Å²) >= 11 is 4.58. The maximum atomic E-state index is 11.5. The normalized spacial score (nSPS) is 13.1. The molecule has 0 aliphatic carbocycles. The van der Waals surface area contributed by atoms with Crippen LogP contribution in [0.3, 0.4) is 0 Å². The van der Waals surface area contributed by atoms with Crippen LogP contribution in [0.2, 0.25) is 0 Å². The smallest absolute Gasteiger partial charge is 0.307 e. The Kier molecular flexibility index (Phi) is 6.46. The van der Waals surface area contributed by atoms with Crippen LogP contribution in [0.5, 0.6) is 0 Å². The molecule has 0 saturated heterocycles. The van der Waals surface area contributed by atoms with Crippen LogP contribution < -0.4 is 10.5 Å². The highest BCUT2D eigenvalue weighted by atomic mass is 32.2. The van der Waals surface area contributed by atoms with E-state index < -0.39 is 21.2 Å². The molecular weight excluding hydrogens is 252 g/mol. The Hall–Kier alpha value is -0.730. The van der Waals surface area contributed by atoms with Crippen LogP contribution in [0, 0.1) is 0 Å². The molecule has 0 bridgehead atoms. The molecule has 1 unspecified atom stereocenters. The van der Waals surface area contributed by atoms with Crippen LogP contribution in [0.4, 0.5) is 0 Å². The van der Waals surface area contributed by atoms with E-state index in [4.69, 9.17) is 5.73 Å². The van der Waals surface area contributed by atoms with Gasteiger partial charge in [-0.05, 0) is 13.8 Å². The Morgan fingerprint density at radius 3 is 2.56 bits per heavy atom. The Balaban J connectivity index is 4.11. The van der Waals surface area contributed by atoms with Crippen LogP contribution in [0.1, 0.15) is 20.3 Å². The molecular formula is C8H16N2O4S2. The monoisotopic (exact) mass is 268 g/mol. The quantitative estimate of drug-likeness (QED) is 0.478. The molecule has 0 aliphatic heterocycles. The second-order valence-electron chi connectivity index (χ2n) is 3.04. The van der Waals surface area contributed by atoms with Gasteiger partial charge in [-0.25, -0.2) is 13.1 Å². The zero-order valence-corrected chi connectivity index (χ0v) is 10.9. The summed E-state index contributed by atoms with van der Waals surface area (Å²) in [6.45, 7) is 3.31. The first-order chi connectivity index (χ1) is 7.31. The first-order valence-electron chi connectivity index (χ1n) is 4.74. The summed E-state index contributed by atoms with van der Waals surface area (Å²) in [5.41, 5.74) is 5.22. The van der Waals surface area contributed by atoms with E-state index in [-0.39, 0.29) is 24.6 Å². The van der Waals surface area contributed by atoms with Gasteiger partial charge in [-0.3, -0.25) is 4.79 Å². The topological polar surface area (TPSA) is 98.5 Å². The van der Waals surface area contributed by atoms with Crippen molar-refractivity contribution in [2.45, 2.75) is 25.5 Å². The fourth-order valence-electron chi connectivity index (χ4n) is 0.806. The maximum absolute atomic E-state index is 11.5. The zero-order valence-electron chi connectivity index (χ0n) is 9.23. The Labute approximate surface area is 101 Å². The van der Waals surface area contributed by atoms with Gasteiger partial charge >= 0.3 is 5.97 Å². The summed E-state index contributed by atoms with van der Waals surface area (Å²) < 4.78 is 29.8. The van der Waals surface area contributed by atoms with E-state index in [9.17, 15) is 13.2 Å². The van der Waals surface area contributed by atoms with E-state index in [1.165, 1.54) is 6.92 Å². The van der Waals surface area contributed by atoms with Gasteiger partial charge in [-0.1, -0.05) is 12.2 Å². The molecule has 16 heavy (non-hydrogen) atoms. The number of esters is 1. The first-order valence-corrected chi connectivity index (χ1v) is 6.70. The number of nitrogens with one attached hydrogen (secondary N) is 1. The highest BCUT2D eigenvalue weighted by Crippen LogP contribution is 1.98. The fraction of sp³-hybridized carbons (Fsp3) is 0.750. The Morgan fingerprint density at radius 1 is 1.56 bits per heavy atom. The van der Waals surface area contributed by atoms with E-state index in [0.29, 0.717) is 0 Å². The van der Waals surface area contributed by atoms with Crippen molar-refractivity contribution >= 4 is 33.2 Å². The van der Waals surface area contributed by atoms with E-state index in [0.717, 1.165) is 0 Å². The van der Waals surface area contributed by atoms with Gasteiger partial charge in [0.2, 0.25) is 10.0 Å². The number of thiocarbonyl (C=S) groups is 1. The van der Waals surface area contributed by atoms with Gasteiger partial charge in [0.15, 0.2) is 0 Å². The Bertz CT molecular complexity index is 353. The number of carbonyl (C=O) groups excluding carboxylic acids is 1. The van der Waals surface area contributed by atoms with Crippen LogP contribution in [0.15, 0.2) is 0 Å². The third-order valence-corrected chi connectivity index (χ3v) is 4.10. The van der Waals surface area contributed by atoms with Crippen LogP contribution in [-0.4, -0.2) is 37.8 Å². The molecule has 0 fully saturated rings. The molecule has 0 aromatic rings. The van der Waals surface area contributed by atoms with Crippen LogP contribution in [0.25, 0.3) is 0 Å². The van der Waals surface area contributed by atoms with Crippen molar-refractivity contribution in [3.63, 3.8) is 0 Å². The third kappa shape index (κ3) is 5.38. The molecule has 0 heterocycles. The second kappa shape index (κ2) is 6.77. The van der Waals surface area contributed by atoms with Crippen LogP contribution in [-0.2, 0) is 19.6 Å². The minimum absolute atomic E-state index is 0.0167. The molecule has 0 rings (SSSR count). The van der Waals surface area contributed by atoms with Crippen molar-refractivity contribution in [1.82, 2.24) is 4.72 Å². The predicted molar refractivity (Wildman–Crippen MR) is 64.4 cm³/mol. The highest BCUT2D eigenvalue weighted by Gasteiger charge is 2.22. The average Bonchev–Trinajstić information content (AvgIpc) is 2.16. The van der Waals surface area contributed by atoms with Crippen LogP contribution >= 0.6 is 12.2 Å². The molecule has 0 aromatic carbocycles. The third-order valence-electron chi connectivity index (χ3n) is 1.80. The molecule has 0 aliphatic rings. The number of ether oxygens (including phenoxy) is 1. The summed E-state index contributed by atoms with van der Waals surface area (Å²) in [4.78, 5) is 10.8. The van der Waals surface area contributed by atoms with Gasteiger partial charge in [0.1, 0.15) is 5.25 Å². The number of rotatable bonds is 7. The van der Waals surface area contributed by atoms with E-state index in [1.807, 2.05) is 0 Å². The second-order valence-corrected chi connectivity index (χ2v) is 5.60. The summed E-state index contributed by atoms with van der Waals surface area (Å²) in [5, 5.41) is -0.954. The standard InChI is InChI=1S/C8H16N2O4S2/c1-3-14-7(11)4-5-10-16(12,13)6(2)8(9)15/h6,10H,3-5H2,1-2H3,(H2,9,15). The molecule has 0 aromatic heterocycles. The zero-order chi connectivity index (χ0) is 12.8. The summed E-state index contributed by atoms with van der Waals surface area (Å²) in [6.07, 6.45) is -0.0167. The minimum atomic E-state index is -3.59. The van der Waals surface area contributed by atoms with E-state index >= 15 is 0 Å². The molecule has 0 amide bonds. The predicted octanol–water partition coefficient (Wildman–Crippen LogP) is -0.466. The number of hydrogen-bond donors (Lipinski definition) is 2. The molecule has 1 atom stereocenters. The van der Waals surface area contributed by atoms with Crippen molar-refractivity contribution in [3.8, 4) is 0 Å². The molecule has 0 radical (unpaired) electrons. The number of nitrogens with two attached hydrogens (primary N) is 1. The van der Waals surface area contributed by atoms with Crippen molar-refractivity contribution in [2.24, 2.45) is 5.73 Å². The molecule has 0 saturated carbocycles. The highest BCUT2D eigenvalue weighted by molar-refractivity contribution is 7.93. The molecule has 94 valence electrons. The summed E-state index contributed by atoms with van der Waals surface area (Å²) in [7, 11) is -3.59. The average molecular weight is 268 g/mol. The molecule has 6 nitrogen and oxygen atoms in total. The van der Waals surface area contributed by atoms with E-state index in [1.54, 1.807) is 6.92 Å². The van der Waals surface area contributed by atoms with E-state index in [2.05, 4.69) is 21.7 Å². The lowest BCUT2D eigenvalue weighted by molar-refractivity contribution is -0.142. The lowest BCUT2D eigenvalue weighted by Gasteiger charge is -2.11. The lowest BCUT2D eigenvalue weighted by atomic mass is 10.4. The summed E-state index contributed by atoms with van der Waals surface area (Å²) in [6, 6.07) is 0. The molecule has 3 N–H and O–H groups in total. The van der Waals surface area contributed by atoms with Gasteiger partial charge in [0.25, 0.3) is 0 Å². The molecule has 0 spiro atoms. The number of carbonyl (C=O) groups is 1. The summed E-state index contributed by atoms with van der Waals surface area (Å²) in [5.74, 6) is -0.451.